The third kappa shape index (κ3) is 2.61. The molecule has 0 saturated carbocycles. The van der Waals surface area contributed by atoms with E-state index in [-0.39, 0.29) is 0 Å². The molecule has 2 rings (SSSR count). The smallest absolute Gasteiger partial charge is 0.191 e. The number of nitrogens with zero attached hydrogens (tertiary/aromatic N) is 3. The number of hydrogen-bond acceptors (Lipinski definition) is 3. The predicted octanol–water partition coefficient (Wildman–Crippen LogP) is 3.62. The molecule has 0 atom stereocenters. The van der Waals surface area contributed by atoms with Crippen molar-refractivity contribution in [3.63, 3.8) is 0 Å². The maximum atomic E-state index is 4.23. The van der Waals surface area contributed by atoms with Crippen LogP contribution in [0.25, 0.3) is 11.4 Å². The number of allylic oxidation sites excluding steroid dienone is 1. The second-order valence-electron chi connectivity index (χ2n) is 3.42. The van der Waals surface area contributed by atoms with E-state index in [0.717, 1.165) is 21.0 Å². The summed E-state index contributed by atoms with van der Waals surface area (Å²) in [5.41, 5.74) is 1.06. The molecule has 5 heteroatoms. The Morgan fingerprint density at radius 1 is 1.35 bits per heavy atom. The standard InChI is InChI=1S/C12H12BrN3S/c1-3-8-16-11(14-15-12(16)17-2)9-4-6-10(13)7-5-9/h3-7H,1,8H2,2H3. The molecule has 0 fully saturated rings. The van der Waals surface area contributed by atoms with Gasteiger partial charge in [-0.25, -0.2) is 0 Å². The van der Waals surface area contributed by atoms with Gasteiger partial charge in [0.25, 0.3) is 0 Å². The van der Waals surface area contributed by atoms with E-state index in [1.54, 1.807) is 11.8 Å². The summed E-state index contributed by atoms with van der Waals surface area (Å²) < 4.78 is 3.11. The molecule has 2 aromatic rings. The first-order chi connectivity index (χ1) is 8.26. The lowest BCUT2D eigenvalue weighted by Crippen LogP contribution is -1.99. The van der Waals surface area contributed by atoms with Crippen molar-refractivity contribution in [1.82, 2.24) is 14.8 Å². The van der Waals surface area contributed by atoms with Crippen LogP contribution >= 0.6 is 27.7 Å². The molecule has 0 spiro atoms. The molecular formula is C12H12BrN3S. The largest absolute Gasteiger partial charge is 0.298 e. The molecule has 0 aliphatic rings. The van der Waals surface area contributed by atoms with Crippen molar-refractivity contribution in [3.05, 3.63) is 41.4 Å². The molecule has 88 valence electrons. The first kappa shape index (κ1) is 12.4. The van der Waals surface area contributed by atoms with E-state index in [2.05, 4.69) is 37.3 Å². The highest BCUT2D eigenvalue weighted by molar-refractivity contribution is 9.10. The van der Waals surface area contributed by atoms with Crippen molar-refractivity contribution in [2.45, 2.75) is 11.7 Å². The van der Waals surface area contributed by atoms with Crippen LogP contribution < -0.4 is 0 Å². The minimum absolute atomic E-state index is 0.717. The van der Waals surface area contributed by atoms with Gasteiger partial charge in [-0.1, -0.05) is 45.9 Å². The fourth-order valence-electron chi connectivity index (χ4n) is 1.55. The molecule has 1 aromatic heterocycles. The van der Waals surface area contributed by atoms with Crippen molar-refractivity contribution in [3.8, 4) is 11.4 Å². The lowest BCUT2D eigenvalue weighted by molar-refractivity contribution is 0.732. The van der Waals surface area contributed by atoms with Gasteiger partial charge in [0.2, 0.25) is 0 Å². The third-order valence-electron chi connectivity index (χ3n) is 2.31. The molecule has 0 aliphatic heterocycles. The van der Waals surface area contributed by atoms with E-state index < -0.39 is 0 Å². The zero-order valence-electron chi connectivity index (χ0n) is 9.43. The van der Waals surface area contributed by atoms with Crippen LogP contribution in [0, 0.1) is 0 Å². The highest BCUT2D eigenvalue weighted by Gasteiger charge is 2.11. The summed E-state index contributed by atoms with van der Waals surface area (Å²) in [6.07, 6.45) is 3.85. The van der Waals surface area contributed by atoms with Crippen molar-refractivity contribution in [1.29, 1.82) is 0 Å². The quantitative estimate of drug-likeness (QED) is 0.638. The van der Waals surface area contributed by atoms with Crippen molar-refractivity contribution in [2.75, 3.05) is 6.26 Å². The first-order valence-corrected chi connectivity index (χ1v) is 7.12. The van der Waals surface area contributed by atoms with E-state index in [4.69, 9.17) is 0 Å². The van der Waals surface area contributed by atoms with Crippen molar-refractivity contribution >= 4 is 27.7 Å². The molecule has 3 nitrogen and oxygen atoms in total. The van der Waals surface area contributed by atoms with Gasteiger partial charge in [0.1, 0.15) is 0 Å². The number of halogens is 1. The van der Waals surface area contributed by atoms with Crippen molar-refractivity contribution in [2.24, 2.45) is 0 Å². The van der Waals surface area contributed by atoms with E-state index in [1.807, 2.05) is 36.6 Å². The number of rotatable bonds is 4. The Kier molecular flexibility index (Phi) is 4.02. The summed E-state index contributed by atoms with van der Waals surface area (Å²) in [7, 11) is 0. The molecule has 0 N–H and O–H groups in total. The van der Waals surface area contributed by atoms with Gasteiger partial charge >= 0.3 is 0 Å². The average molecular weight is 310 g/mol. The van der Waals surface area contributed by atoms with Crippen LogP contribution in [0.2, 0.25) is 0 Å². The van der Waals surface area contributed by atoms with Crippen LogP contribution in [0.15, 0.2) is 46.5 Å². The maximum absolute atomic E-state index is 4.23. The van der Waals surface area contributed by atoms with Crippen molar-refractivity contribution < 1.29 is 0 Å². The second-order valence-corrected chi connectivity index (χ2v) is 5.11. The van der Waals surface area contributed by atoms with Crippen LogP contribution in [0.4, 0.5) is 0 Å². The second kappa shape index (κ2) is 5.51. The number of hydrogen-bond donors (Lipinski definition) is 0. The summed E-state index contributed by atoms with van der Waals surface area (Å²) in [6.45, 7) is 4.48. The molecule has 1 heterocycles. The highest BCUT2D eigenvalue weighted by atomic mass is 79.9. The summed E-state index contributed by atoms with van der Waals surface area (Å²) in [5, 5.41) is 9.31. The minimum atomic E-state index is 0.717. The van der Waals surface area contributed by atoms with Gasteiger partial charge in [-0.3, -0.25) is 4.57 Å². The molecule has 0 unspecified atom stereocenters. The van der Waals surface area contributed by atoms with Gasteiger partial charge in [0, 0.05) is 16.6 Å². The van der Waals surface area contributed by atoms with E-state index in [0.29, 0.717) is 6.54 Å². The fourth-order valence-corrected chi connectivity index (χ4v) is 2.31. The molecule has 17 heavy (non-hydrogen) atoms. The van der Waals surface area contributed by atoms with Gasteiger partial charge < -0.3 is 0 Å². The summed E-state index contributed by atoms with van der Waals surface area (Å²) in [4.78, 5) is 0. The molecule has 0 saturated heterocycles. The van der Waals surface area contributed by atoms with Gasteiger partial charge in [-0.05, 0) is 18.4 Å². The number of thioether (sulfide) groups is 1. The third-order valence-corrected chi connectivity index (χ3v) is 3.51. The molecule has 0 aliphatic carbocycles. The Morgan fingerprint density at radius 2 is 2.06 bits per heavy atom. The highest BCUT2D eigenvalue weighted by Crippen LogP contribution is 2.24. The topological polar surface area (TPSA) is 30.7 Å². The van der Waals surface area contributed by atoms with E-state index in [1.165, 1.54) is 0 Å². The Labute approximate surface area is 113 Å². The Hall–Kier alpha value is -1.07. The van der Waals surface area contributed by atoms with E-state index >= 15 is 0 Å². The monoisotopic (exact) mass is 309 g/mol. The fraction of sp³-hybridized carbons (Fsp3) is 0.167. The molecule has 1 aromatic carbocycles. The minimum Gasteiger partial charge on any atom is -0.298 e. The molecule has 0 radical (unpaired) electrons. The first-order valence-electron chi connectivity index (χ1n) is 5.10. The Balaban J connectivity index is 2.47. The number of benzene rings is 1. The predicted molar refractivity (Wildman–Crippen MR) is 75.1 cm³/mol. The average Bonchev–Trinajstić information content (AvgIpc) is 2.74. The SMILES string of the molecule is C=CCn1c(SC)nnc1-c1ccc(Br)cc1. The summed E-state index contributed by atoms with van der Waals surface area (Å²) in [5.74, 6) is 0.877. The van der Waals surface area contributed by atoms with E-state index in [9.17, 15) is 0 Å². The van der Waals surface area contributed by atoms with Gasteiger partial charge in [0.15, 0.2) is 11.0 Å². The number of aromatic nitrogens is 3. The summed E-state index contributed by atoms with van der Waals surface area (Å²) >= 11 is 5.01. The van der Waals surface area contributed by atoms with Crippen LogP contribution in [-0.4, -0.2) is 21.0 Å². The molecular weight excluding hydrogens is 298 g/mol. The zero-order valence-corrected chi connectivity index (χ0v) is 11.8. The summed E-state index contributed by atoms with van der Waals surface area (Å²) in [6, 6.07) is 8.05. The molecule has 0 bridgehead atoms. The van der Waals surface area contributed by atoms with Gasteiger partial charge in [-0.15, -0.1) is 16.8 Å². The van der Waals surface area contributed by atoms with Crippen LogP contribution in [0.3, 0.4) is 0 Å². The lowest BCUT2D eigenvalue weighted by atomic mass is 10.2. The van der Waals surface area contributed by atoms with Crippen LogP contribution in [0.5, 0.6) is 0 Å². The Morgan fingerprint density at radius 3 is 2.65 bits per heavy atom. The zero-order chi connectivity index (χ0) is 12.3. The van der Waals surface area contributed by atoms with Gasteiger partial charge in [0.05, 0.1) is 0 Å². The molecule has 0 amide bonds. The normalized spacial score (nSPS) is 10.5. The lowest BCUT2D eigenvalue weighted by Gasteiger charge is -2.06. The van der Waals surface area contributed by atoms with Crippen LogP contribution in [0.1, 0.15) is 0 Å². The Bertz CT molecular complexity index is 519. The van der Waals surface area contributed by atoms with Crippen LogP contribution in [-0.2, 0) is 6.54 Å². The maximum Gasteiger partial charge on any atom is 0.191 e. The van der Waals surface area contributed by atoms with Gasteiger partial charge in [-0.2, -0.15) is 0 Å².